The van der Waals surface area contributed by atoms with Crippen LogP contribution in [0.15, 0.2) is 42.5 Å². The van der Waals surface area contributed by atoms with Gasteiger partial charge in [0.1, 0.15) is 0 Å². The fraction of sp³-hybridized carbons (Fsp3) is 0.455. The van der Waals surface area contributed by atoms with Crippen LogP contribution in [-0.4, -0.2) is 25.0 Å². The van der Waals surface area contributed by atoms with Crippen molar-refractivity contribution in [3.63, 3.8) is 0 Å². The Morgan fingerprint density at radius 3 is 2.25 bits per heavy atom. The Balaban J connectivity index is 1.76. The average molecular weight is 325 g/mol. The number of nitrogens with zero attached hydrogens (tertiary/aromatic N) is 1. The zero-order valence-corrected chi connectivity index (χ0v) is 15.9. The molecule has 0 radical (unpaired) electrons. The van der Waals surface area contributed by atoms with Crippen LogP contribution in [0.4, 0.5) is 0 Å². The first kappa shape index (κ1) is 18.7. The van der Waals surface area contributed by atoms with Crippen molar-refractivity contribution < 1.29 is 0 Å². The van der Waals surface area contributed by atoms with Gasteiger partial charge in [0, 0.05) is 12.6 Å². The van der Waals surface area contributed by atoms with Crippen molar-refractivity contribution in [2.75, 3.05) is 20.1 Å². The van der Waals surface area contributed by atoms with Crippen molar-refractivity contribution in [2.24, 2.45) is 0 Å². The van der Waals surface area contributed by atoms with Crippen LogP contribution >= 0.6 is 0 Å². The Morgan fingerprint density at radius 1 is 1.00 bits per heavy atom. The molecule has 0 aliphatic heterocycles. The van der Waals surface area contributed by atoms with Crippen LogP contribution in [0.5, 0.6) is 0 Å². The second kappa shape index (κ2) is 9.00. The van der Waals surface area contributed by atoms with E-state index >= 15 is 0 Å². The molecule has 0 fully saturated rings. The first-order valence-corrected chi connectivity index (χ1v) is 9.01. The summed E-state index contributed by atoms with van der Waals surface area (Å²) >= 11 is 0. The van der Waals surface area contributed by atoms with E-state index in [9.17, 15) is 0 Å². The van der Waals surface area contributed by atoms with Crippen LogP contribution in [0, 0.1) is 20.8 Å². The van der Waals surface area contributed by atoms with Crippen molar-refractivity contribution >= 4 is 0 Å². The molecule has 2 aromatic carbocycles. The average Bonchev–Trinajstić information content (AvgIpc) is 2.51. The fourth-order valence-corrected chi connectivity index (χ4v) is 3.62. The molecule has 130 valence electrons. The molecule has 0 saturated heterocycles. The molecule has 0 aliphatic carbocycles. The largest absolute Gasteiger partial charge is 0.310 e. The van der Waals surface area contributed by atoms with E-state index < -0.39 is 0 Å². The van der Waals surface area contributed by atoms with Gasteiger partial charge in [0.15, 0.2) is 0 Å². The molecule has 0 bridgehead atoms. The van der Waals surface area contributed by atoms with Crippen LogP contribution < -0.4 is 5.32 Å². The summed E-state index contributed by atoms with van der Waals surface area (Å²) < 4.78 is 0. The molecule has 1 atom stereocenters. The Hall–Kier alpha value is -1.64. The van der Waals surface area contributed by atoms with Crippen LogP contribution in [0.2, 0.25) is 0 Å². The minimum absolute atomic E-state index is 0.407. The van der Waals surface area contributed by atoms with Gasteiger partial charge in [-0.3, -0.25) is 0 Å². The third-order valence-corrected chi connectivity index (χ3v) is 4.63. The van der Waals surface area contributed by atoms with Crippen LogP contribution in [0.3, 0.4) is 0 Å². The van der Waals surface area contributed by atoms with Crippen molar-refractivity contribution in [1.82, 2.24) is 10.2 Å². The highest BCUT2D eigenvalue weighted by Gasteiger charge is 2.11. The van der Waals surface area contributed by atoms with Gasteiger partial charge >= 0.3 is 0 Å². The number of rotatable bonds is 8. The second-order valence-corrected chi connectivity index (χ2v) is 7.07. The van der Waals surface area contributed by atoms with Crippen molar-refractivity contribution in [2.45, 2.75) is 46.7 Å². The van der Waals surface area contributed by atoms with Gasteiger partial charge in [0.2, 0.25) is 0 Å². The van der Waals surface area contributed by atoms with Gasteiger partial charge in [0.25, 0.3) is 0 Å². The summed E-state index contributed by atoms with van der Waals surface area (Å²) in [5.74, 6) is 0. The maximum atomic E-state index is 3.69. The lowest BCUT2D eigenvalue weighted by molar-refractivity contribution is 0.317. The number of aryl methyl sites for hydroxylation is 3. The Kier molecular flexibility index (Phi) is 7.01. The summed E-state index contributed by atoms with van der Waals surface area (Å²) in [6, 6.07) is 15.7. The van der Waals surface area contributed by atoms with E-state index in [4.69, 9.17) is 0 Å². The van der Waals surface area contributed by atoms with Crippen LogP contribution in [-0.2, 0) is 6.54 Å². The molecule has 2 heteroatoms. The highest BCUT2D eigenvalue weighted by atomic mass is 15.1. The summed E-state index contributed by atoms with van der Waals surface area (Å²) in [5.41, 5.74) is 6.98. The van der Waals surface area contributed by atoms with Crippen LogP contribution in [0.1, 0.15) is 47.2 Å². The van der Waals surface area contributed by atoms with Gasteiger partial charge in [0.05, 0.1) is 0 Å². The molecule has 2 aromatic rings. The summed E-state index contributed by atoms with van der Waals surface area (Å²) in [6.07, 6.45) is 1.16. The molecule has 0 spiro atoms. The van der Waals surface area contributed by atoms with Gasteiger partial charge in [-0.2, -0.15) is 0 Å². The molecule has 1 unspecified atom stereocenters. The summed E-state index contributed by atoms with van der Waals surface area (Å²) in [5, 5.41) is 3.69. The molecule has 0 aliphatic rings. The van der Waals surface area contributed by atoms with E-state index in [1.54, 1.807) is 0 Å². The normalized spacial score (nSPS) is 12.6. The number of hydrogen-bond donors (Lipinski definition) is 1. The highest BCUT2D eigenvalue weighted by Crippen LogP contribution is 2.23. The highest BCUT2D eigenvalue weighted by molar-refractivity contribution is 5.39. The lowest BCUT2D eigenvalue weighted by atomic mass is 9.95. The molecular weight excluding hydrogens is 292 g/mol. The molecule has 24 heavy (non-hydrogen) atoms. The van der Waals surface area contributed by atoms with E-state index in [1.165, 1.54) is 27.8 Å². The zero-order chi connectivity index (χ0) is 17.5. The first-order chi connectivity index (χ1) is 11.5. The minimum Gasteiger partial charge on any atom is -0.310 e. The molecule has 2 rings (SSSR count). The predicted octanol–water partition coefficient (Wildman–Crippen LogP) is 4.78. The van der Waals surface area contributed by atoms with Gasteiger partial charge in [-0.15, -0.1) is 0 Å². The topological polar surface area (TPSA) is 15.3 Å². The van der Waals surface area contributed by atoms with E-state index in [0.717, 1.165) is 26.1 Å². The van der Waals surface area contributed by atoms with Crippen LogP contribution in [0.25, 0.3) is 0 Å². The molecule has 0 amide bonds. The third-order valence-electron chi connectivity index (χ3n) is 4.63. The zero-order valence-electron chi connectivity index (χ0n) is 15.9. The Labute approximate surface area is 147 Å². The Bertz CT molecular complexity index is 611. The third kappa shape index (κ3) is 5.47. The molecule has 0 heterocycles. The SMILES string of the molecule is Cc1cc(C)c(C(C)NCCCN(C)Cc2ccccc2)c(C)c1. The number of hydrogen-bond acceptors (Lipinski definition) is 2. The maximum Gasteiger partial charge on any atom is 0.0297 e. The minimum atomic E-state index is 0.407. The van der Waals surface area contributed by atoms with Crippen molar-refractivity contribution in [3.8, 4) is 0 Å². The molecular formula is C22H32N2. The smallest absolute Gasteiger partial charge is 0.0297 e. The quantitative estimate of drug-likeness (QED) is 0.703. The van der Waals surface area contributed by atoms with Gasteiger partial charge in [-0.05, 0) is 76.5 Å². The number of benzene rings is 2. The lowest BCUT2D eigenvalue weighted by Gasteiger charge is -2.21. The lowest BCUT2D eigenvalue weighted by Crippen LogP contribution is -2.26. The standard InChI is InChI=1S/C22H32N2/c1-17-14-18(2)22(19(3)15-17)20(4)23-12-9-13-24(5)16-21-10-7-6-8-11-21/h6-8,10-11,14-15,20,23H,9,12-13,16H2,1-5H3. The first-order valence-electron chi connectivity index (χ1n) is 9.01. The maximum absolute atomic E-state index is 3.69. The van der Waals surface area contributed by atoms with Gasteiger partial charge in [-0.25, -0.2) is 0 Å². The van der Waals surface area contributed by atoms with E-state index in [-0.39, 0.29) is 0 Å². The van der Waals surface area contributed by atoms with E-state index in [1.807, 2.05) is 0 Å². The van der Waals surface area contributed by atoms with Gasteiger partial charge in [-0.1, -0.05) is 48.0 Å². The van der Waals surface area contributed by atoms with Crippen molar-refractivity contribution in [3.05, 3.63) is 70.3 Å². The van der Waals surface area contributed by atoms with E-state index in [0.29, 0.717) is 6.04 Å². The van der Waals surface area contributed by atoms with Gasteiger partial charge < -0.3 is 10.2 Å². The summed E-state index contributed by atoms with van der Waals surface area (Å²) in [7, 11) is 2.20. The number of nitrogens with one attached hydrogen (secondary N) is 1. The Morgan fingerprint density at radius 2 is 1.62 bits per heavy atom. The fourth-order valence-electron chi connectivity index (χ4n) is 3.62. The van der Waals surface area contributed by atoms with E-state index in [2.05, 4.69) is 87.4 Å². The summed E-state index contributed by atoms with van der Waals surface area (Å²) in [4.78, 5) is 2.39. The summed E-state index contributed by atoms with van der Waals surface area (Å²) in [6.45, 7) is 12.1. The molecule has 1 N–H and O–H groups in total. The molecule has 0 aromatic heterocycles. The van der Waals surface area contributed by atoms with Crippen molar-refractivity contribution in [1.29, 1.82) is 0 Å². The predicted molar refractivity (Wildman–Crippen MR) is 104 cm³/mol. The molecule has 0 saturated carbocycles. The second-order valence-electron chi connectivity index (χ2n) is 7.07. The molecule has 2 nitrogen and oxygen atoms in total. The monoisotopic (exact) mass is 324 g/mol.